The predicted octanol–water partition coefficient (Wildman–Crippen LogP) is 4.18. The third kappa shape index (κ3) is 4.20. The fraction of sp³-hybridized carbons (Fsp3) is 0.214. The van der Waals surface area contributed by atoms with Gasteiger partial charge in [0.2, 0.25) is 0 Å². The average Bonchev–Trinajstić information content (AvgIpc) is 2.32. The third-order valence-electron chi connectivity index (χ3n) is 2.46. The summed E-state index contributed by atoms with van der Waals surface area (Å²) in [5.41, 5.74) is 6.86. The summed E-state index contributed by atoms with van der Waals surface area (Å²) < 4.78 is 6.55. The van der Waals surface area contributed by atoms with Crippen molar-refractivity contribution in [3.8, 4) is 11.5 Å². The number of rotatable bonds is 4. The second-order valence-corrected chi connectivity index (χ2v) is 5.71. The third-order valence-corrected chi connectivity index (χ3v) is 3.19. The molecule has 0 aliphatic rings. The molecule has 0 bridgehead atoms. The summed E-state index contributed by atoms with van der Waals surface area (Å²) in [7, 11) is 0. The number of aromatic nitrogens is 1. The highest BCUT2D eigenvalue weighted by Gasteiger charge is 2.06. The van der Waals surface area contributed by atoms with Gasteiger partial charge in [0.25, 0.3) is 0 Å². The van der Waals surface area contributed by atoms with Crippen molar-refractivity contribution in [2.45, 2.75) is 19.4 Å². The van der Waals surface area contributed by atoms with Crippen LogP contribution in [0.5, 0.6) is 11.5 Å². The first-order valence-electron chi connectivity index (χ1n) is 5.87. The first-order chi connectivity index (χ1) is 9.04. The molecule has 0 radical (unpaired) electrons. The van der Waals surface area contributed by atoms with E-state index in [-0.39, 0.29) is 6.04 Å². The van der Waals surface area contributed by atoms with Gasteiger partial charge in [0, 0.05) is 16.7 Å². The van der Waals surface area contributed by atoms with Crippen LogP contribution in [0.25, 0.3) is 0 Å². The lowest BCUT2D eigenvalue weighted by Crippen LogP contribution is -2.17. The largest absolute Gasteiger partial charge is 0.454 e. The number of hydrogen-bond donors (Lipinski definition) is 1. The van der Waals surface area contributed by atoms with Crippen molar-refractivity contribution in [1.82, 2.24) is 4.98 Å². The number of halogens is 2. The molecule has 0 amide bonds. The standard InChI is InChI=1S/C14H14BrClN2O/c1-9(17)4-10-2-3-14(13(16)5-10)19-12-6-11(15)7-18-8-12/h2-3,5-9H,4,17H2,1H3. The van der Waals surface area contributed by atoms with Crippen LogP contribution >= 0.6 is 27.5 Å². The van der Waals surface area contributed by atoms with E-state index in [1.807, 2.05) is 31.2 Å². The maximum Gasteiger partial charge on any atom is 0.146 e. The minimum atomic E-state index is 0.108. The molecule has 0 saturated carbocycles. The first kappa shape index (κ1) is 14.3. The van der Waals surface area contributed by atoms with E-state index >= 15 is 0 Å². The van der Waals surface area contributed by atoms with Gasteiger partial charge >= 0.3 is 0 Å². The molecule has 1 heterocycles. The normalized spacial score (nSPS) is 12.2. The minimum Gasteiger partial charge on any atom is -0.454 e. The molecule has 2 rings (SSSR count). The topological polar surface area (TPSA) is 48.1 Å². The molecule has 1 aromatic heterocycles. The minimum absolute atomic E-state index is 0.108. The van der Waals surface area contributed by atoms with Crippen LogP contribution in [0.15, 0.2) is 41.1 Å². The van der Waals surface area contributed by atoms with Crippen LogP contribution in [0, 0.1) is 0 Å². The molecule has 1 aromatic carbocycles. The SMILES string of the molecule is CC(N)Cc1ccc(Oc2cncc(Br)c2)c(Cl)c1. The van der Waals surface area contributed by atoms with Crippen molar-refractivity contribution in [2.24, 2.45) is 5.73 Å². The number of pyridine rings is 1. The molecule has 2 aromatic rings. The quantitative estimate of drug-likeness (QED) is 0.907. The maximum absolute atomic E-state index is 6.20. The van der Waals surface area contributed by atoms with E-state index in [4.69, 9.17) is 22.1 Å². The summed E-state index contributed by atoms with van der Waals surface area (Å²) in [5, 5.41) is 0.568. The summed E-state index contributed by atoms with van der Waals surface area (Å²) in [5.74, 6) is 1.24. The number of nitrogens with two attached hydrogens (primary N) is 1. The number of hydrogen-bond acceptors (Lipinski definition) is 3. The molecule has 0 saturated heterocycles. The number of ether oxygens (including phenoxy) is 1. The Kier molecular flexibility index (Phi) is 4.80. The highest BCUT2D eigenvalue weighted by molar-refractivity contribution is 9.10. The van der Waals surface area contributed by atoms with Crippen molar-refractivity contribution >= 4 is 27.5 Å². The van der Waals surface area contributed by atoms with E-state index in [2.05, 4.69) is 20.9 Å². The van der Waals surface area contributed by atoms with E-state index in [0.29, 0.717) is 16.5 Å². The smallest absolute Gasteiger partial charge is 0.146 e. The summed E-state index contributed by atoms with van der Waals surface area (Å²) in [4.78, 5) is 4.04. The van der Waals surface area contributed by atoms with Gasteiger partial charge < -0.3 is 10.5 Å². The van der Waals surface area contributed by atoms with E-state index in [0.717, 1.165) is 16.5 Å². The molecular formula is C14H14BrClN2O. The molecule has 2 N–H and O–H groups in total. The summed E-state index contributed by atoms with van der Waals surface area (Å²) in [6, 6.07) is 7.64. The van der Waals surface area contributed by atoms with Gasteiger partial charge in [-0.15, -0.1) is 0 Å². The lowest BCUT2D eigenvalue weighted by molar-refractivity contribution is 0.480. The lowest BCUT2D eigenvalue weighted by Gasteiger charge is -2.10. The fourth-order valence-corrected chi connectivity index (χ4v) is 2.29. The molecule has 0 spiro atoms. The van der Waals surface area contributed by atoms with Crippen LogP contribution in [-0.4, -0.2) is 11.0 Å². The van der Waals surface area contributed by atoms with Gasteiger partial charge in [0.15, 0.2) is 0 Å². The molecular weight excluding hydrogens is 328 g/mol. The highest BCUT2D eigenvalue weighted by Crippen LogP contribution is 2.31. The summed E-state index contributed by atoms with van der Waals surface area (Å²) in [6.45, 7) is 1.96. The van der Waals surface area contributed by atoms with Crippen molar-refractivity contribution in [1.29, 1.82) is 0 Å². The van der Waals surface area contributed by atoms with Crippen LogP contribution in [0.2, 0.25) is 5.02 Å². The van der Waals surface area contributed by atoms with Crippen molar-refractivity contribution in [3.63, 3.8) is 0 Å². The molecule has 0 fully saturated rings. The maximum atomic E-state index is 6.20. The van der Waals surface area contributed by atoms with Crippen molar-refractivity contribution in [3.05, 3.63) is 51.7 Å². The van der Waals surface area contributed by atoms with E-state index in [9.17, 15) is 0 Å². The average molecular weight is 342 g/mol. The Morgan fingerprint density at radius 2 is 2.16 bits per heavy atom. The zero-order chi connectivity index (χ0) is 13.8. The second kappa shape index (κ2) is 6.37. The molecule has 1 atom stereocenters. The van der Waals surface area contributed by atoms with Crippen LogP contribution in [0.1, 0.15) is 12.5 Å². The molecule has 0 aliphatic heterocycles. The van der Waals surface area contributed by atoms with Gasteiger partial charge in [-0.05, 0) is 53.0 Å². The van der Waals surface area contributed by atoms with Gasteiger partial charge in [-0.2, -0.15) is 0 Å². The number of benzene rings is 1. The first-order valence-corrected chi connectivity index (χ1v) is 7.04. The molecule has 1 unspecified atom stereocenters. The molecule has 3 nitrogen and oxygen atoms in total. The number of nitrogens with zero attached hydrogens (tertiary/aromatic N) is 1. The van der Waals surface area contributed by atoms with Gasteiger partial charge in [-0.1, -0.05) is 17.7 Å². The Morgan fingerprint density at radius 3 is 2.79 bits per heavy atom. The van der Waals surface area contributed by atoms with Gasteiger partial charge in [-0.3, -0.25) is 4.98 Å². The van der Waals surface area contributed by atoms with Crippen molar-refractivity contribution in [2.75, 3.05) is 0 Å². The monoisotopic (exact) mass is 340 g/mol. The van der Waals surface area contributed by atoms with Gasteiger partial charge in [0.1, 0.15) is 11.5 Å². The van der Waals surface area contributed by atoms with Crippen LogP contribution in [-0.2, 0) is 6.42 Å². The second-order valence-electron chi connectivity index (χ2n) is 4.39. The van der Waals surface area contributed by atoms with E-state index < -0.39 is 0 Å². The van der Waals surface area contributed by atoms with Gasteiger partial charge in [0.05, 0.1) is 11.2 Å². The molecule has 100 valence electrons. The molecule has 0 aliphatic carbocycles. The predicted molar refractivity (Wildman–Crippen MR) is 80.8 cm³/mol. The Balaban J connectivity index is 2.17. The van der Waals surface area contributed by atoms with Crippen LogP contribution < -0.4 is 10.5 Å². The Hall–Kier alpha value is -1.10. The molecule has 19 heavy (non-hydrogen) atoms. The lowest BCUT2D eigenvalue weighted by atomic mass is 10.1. The van der Waals surface area contributed by atoms with Crippen LogP contribution in [0.4, 0.5) is 0 Å². The summed E-state index contributed by atoms with van der Waals surface area (Å²) >= 11 is 9.55. The zero-order valence-electron chi connectivity index (χ0n) is 10.4. The highest BCUT2D eigenvalue weighted by atomic mass is 79.9. The molecule has 5 heteroatoms. The fourth-order valence-electron chi connectivity index (χ4n) is 1.70. The zero-order valence-corrected chi connectivity index (χ0v) is 12.8. The van der Waals surface area contributed by atoms with Gasteiger partial charge in [-0.25, -0.2) is 0 Å². The Labute approximate surface area is 125 Å². The van der Waals surface area contributed by atoms with E-state index in [1.165, 1.54) is 0 Å². The van der Waals surface area contributed by atoms with Crippen LogP contribution in [0.3, 0.4) is 0 Å². The summed E-state index contributed by atoms with van der Waals surface area (Å²) in [6.07, 6.45) is 4.12. The Bertz CT molecular complexity index is 575. The Morgan fingerprint density at radius 1 is 1.37 bits per heavy atom. The van der Waals surface area contributed by atoms with Crippen molar-refractivity contribution < 1.29 is 4.74 Å². The van der Waals surface area contributed by atoms with E-state index in [1.54, 1.807) is 12.4 Å².